The van der Waals surface area contributed by atoms with Gasteiger partial charge in [-0.1, -0.05) is 30.3 Å². The smallest absolute Gasteiger partial charge is 0.239 e. The largest absolute Gasteiger partial charge is 0.368 e. The van der Waals surface area contributed by atoms with Gasteiger partial charge in [0.2, 0.25) is 11.8 Å². The van der Waals surface area contributed by atoms with E-state index in [1.54, 1.807) is 19.4 Å². The molecule has 3 N–H and O–H groups in total. The molecule has 0 bridgehead atoms. The summed E-state index contributed by atoms with van der Waals surface area (Å²) in [5.41, 5.74) is 6.27. The van der Waals surface area contributed by atoms with Crippen molar-refractivity contribution >= 4 is 11.8 Å². The Morgan fingerprint density at radius 1 is 1.32 bits per heavy atom. The second-order valence-electron chi connectivity index (χ2n) is 5.28. The Hall–Kier alpha value is -2.63. The summed E-state index contributed by atoms with van der Waals surface area (Å²) in [7, 11) is 0. The number of hydrogen-bond donors (Lipinski definition) is 2. The fraction of sp³-hybridized carbons (Fsp3) is 0.312. The van der Waals surface area contributed by atoms with Crippen LogP contribution < -0.4 is 11.1 Å². The van der Waals surface area contributed by atoms with Crippen molar-refractivity contribution in [1.29, 1.82) is 0 Å². The van der Waals surface area contributed by atoms with Crippen molar-refractivity contribution in [3.8, 4) is 0 Å². The van der Waals surface area contributed by atoms with Gasteiger partial charge in [-0.15, -0.1) is 0 Å². The van der Waals surface area contributed by atoms with E-state index < -0.39 is 11.9 Å². The normalized spacial score (nSPS) is 13.3. The van der Waals surface area contributed by atoms with Gasteiger partial charge in [0, 0.05) is 18.9 Å². The molecule has 1 unspecified atom stereocenters. The zero-order valence-corrected chi connectivity index (χ0v) is 12.5. The maximum atomic E-state index is 12.4. The van der Waals surface area contributed by atoms with E-state index in [4.69, 9.17) is 5.73 Å². The van der Waals surface area contributed by atoms with Crippen LogP contribution >= 0.6 is 0 Å². The number of hydrogen-bond acceptors (Lipinski definition) is 3. The SMILES string of the molecule is C[C@@H](NC(=O)C(Cc1ccccc1)Cn1ccnc1)C(N)=O. The molecular formula is C16H20N4O2. The third-order valence-electron chi connectivity index (χ3n) is 3.47. The van der Waals surface area contributed by atoms with E-state index in [9.17, 15) is 9.59 Å². The Kier molecular flexibility index (Phi) is 5.30. The average molecular weight is 300 g/mol. The van der Waals surface area contributed by atoms with Crippen LogP contribution in [0.1, 0.15) is 12.5 Å². The minimum Gasteiger partial charge on any atom is -0.368 e. The lowest BCUT2D eigenvalue weighted by Gasteiger charge is -2.19. The number of primary amides is 1. The Morgan fingerprint density at radius 2 is 2.05 bits per heavy atom. The van der Waals surface area contributed by atoms with Crippen LogP contribution in [0.5, 0.6) is 0 Å². The van der Waals surface area contributed by atoms with E-state index in [1.165, 1.54) is 0 Å². The van der Waals surface area contributed by atoms with E-state index in [1.807, 2.05) is 41.1 Å². The van der Waals surface area contributed by atoms with Crippen LogP contribution in [0.2, 0.25) is 0 Å². The number of nitrogens with one attached hydrogen (secondary N) is 1. The van der Waals surface area contributed by atoms with E-state index in [-0.39, 0.29) is 11.8 Å². The zero-order valence-electron chi connectivity index (χ0n) is 12.5. The van der Waals surface area contributed by atoms with Crippen LogP contribution in [0.3, 0.4) is 0 Å². The van der Waals surface area contributed by atoms with Crippen molar-refractivity contribution in [2.75, 3.05) is 0 Å². The molecule has 0 radical (unpaired) electrons. The summed E-state index contributed by atoms with van der Waals surface area (Å²) < 4.78 is 1.85. The van der Waals surface area contributed by atoms with E-state index >= 15 is 0 Å². The predicted molar refractivity (Wildman–Crippen MR) is 82.7 cm³/mol. The van der Waals surface area contributed by atoms with Crippen LogP contribution in [-0.2, 0) is 22.6 Å². The van der Waals surface area contributed by atoms with Gasteiger partial charge in [-0.25, -0.2) is 4.98 Å². The van der Waals surface area contributed by atoms with Gasteiger partial charge >= 0.3 is 0 Å². The van der Waals surface area contributed by atoms with Gasteiger partial charge in [-0.05, 0) is 18.9 Å². The number of nitrogens with two attached hydrogens (primary N) is 1. The van der Waals surface area contributed by atoms with Crippen molar-refractivity contribution in [2.24, 2.45) is 11.7 Å². The first kappa shape index (κ1) is 15.8. The molecule has 6 heteroatoms. The molecule has 0 saturated carbocycles. The highest BCUT2D eigenvalue weighted by atomic mass is 16.2. The van der Waals surface area contributed by atoms with Crippen molar-refractivity contribution in [3.05, 3.63) is 54.6 Å². The number of amides is 2. The second-order valence-corrected chi connectivity index (χ2v) is 5.28. The molecule has 0 aliphatic rings. The minimum atomic E-state index is -0.687. The van der Waals surface area contributed by atoms with E-state index in [0.29, 0.717) is 13.0 Å². The van der Waals surface area contributed by atoms with Crippen molar-refractivity contribution < 1.29 is 9.59 Å². The molecule has 2 rings (SSSR count). The van der Waals surface area contributed by atoms with Gasteiger partial charge in [0.15, 0.2) is 0 Å². The molecule has 116 valence electrons. The van der Waals surface area contributed by atoms with E-state index in [2.05, 4.69) is 10.3 Å². The fourth-order valence-corrected chi connectivity index (χ4v) is 2.19. The number of benzene rings is 1. The molecule has 1 heterocycles. The molecule has 22 heavy (non-hydrogen) atoms. The minimum absolute atomic E-state index is 0.191. The van der Waals surface area contributed by atoms with Crippen LogP contribution in [0.25, 0.3) is 0 Å². The standard InChI is InChI=1S/C16H20N4O2/c1-12(15(17)21)19-16(22)14(10-20-8-7-18-11-20)9-13-5-3-2-4-6-13/h2-8,11-12,14H,9-10H2,1H3,(H2,17,21)(H,19,22)/t12-,14?/m1/s1. The molecule has 0 fully saturated rings. The molecule has 2 aromatic rings. The van der Waals surface area contributed by atoms with Crippen LogP contribution in [0.15, 0.2) is 49.1 Å². The lowest BCUT2D eigenvalue weighted by Crippen LogP contribution is -2.45. The lowest BCUT2D eigenvalue weighted by molar-refractivity contribution is -0.129. The van der Waals surface area contributed by atoms with E-state index in [0.717, 1.165) is 5.56 Å². The second kappa shape index (κ2) is 7.40. The zero-order chi connectivity index (χ0) is 15.9. The number of nitrogens with zero attached hydrogens (tertiary/aromatic N) is 2. The highest BCUT2D eigenvalue weighted by Gasteiger charge is 2.22. The summed E-state index contributed by atoms with van der Waals surface area (Å²) in [6.45, 7) is 2.07. The summed E-state index contributed by atoms with van der Waals surface area (Å²) in [6, 6.07) is 9.08. The Bertz CT molecular complexity index is 610. The van der Waals surface area contributed by atoms with Gasteiger partial charge in [0.05, 0.1) is 12.2 Å². The van der Waals surface area contributed by atoms with Gasteiger partial charge in [0.25, 0.3) is 0 Å². The lowest BCUT2D eigenvalue weighted by atomic mass is 9.98. The summed E-state index contributed by atoms with van der Waals surface area (Å²) >= 11 is 0. The van der Waals surface area contributed by atoms with Crippen LogP contribution in [0, 0.1) is 5.92 Å². The summed E-state index contributed by atoms with van der Waals surface area (Å²) in [4.78, 5) is 27.5. The number of aromatic nitrogens is 2. The Balaban J connectivity index is 2.10. The molecule has 2 amide bonds. The third kappa shape index (κ3) is 4.44. The summed E-state index contributed by atoms with van der Waals surface area (Å²) in [5, 5.41) is 2.66. The Labute approximate surface area is 129 Å². The van der Waals surface area contributed by atoms with Gasteiger partial charge in [0.1, 0.15) is 6.04 Å². The molecule has 0 spiro atoms. The topological polar surface area (TPSA) is 90.0 Å². The highest BCUT2D eigenvalue weighted by molar-refractivity contribution is 5.87. The highest BCUT2D eigenvalue weighted by Crippen LogP contribution is 2.12. The fourth-order valence-electron chi connectivity index (χ4n) is 2.19. The van der Waals surface area contributed by atoms with Crippen molar-refractivity contribution in [1.82, 2.24) is 14.9 Å². The number of rotatable bonds is 7. The first-order valence-corrected chi connectivity index (χ1v) is 7.15. The predicted octanol–water partition coefficient (Wildman–Crippen LogP) is 0.732. The molecule has 2 atom stereocenters. The number of imidazole rings is 1. The monoisotopic (exact) mass is 300 g/mol. The quantitative estimate of drug-likeness (QED) is 0.790. The molecule has 6 nitrogen and oxygen atoms in total. The van der Waals surface area contributed by atoms with Crippen LogP contribution in [-0.4, -0.2) is 27.4 Å². The molecule has 1 aromatic heterocycles. The first-order chi connectivity index (χ1) is 10.6. The van der Waals surface area contributed by atoms with Crippen molar-refractivity contribution in [3.63, 3.8) is 0 Å². The maximum absolute atomic E-state index is 12.4. The van der Waals surface area contributed by atoms with Crippen molar-refractivity contribution in [2.45, 2.75) is 25.9 Å². The Morgan fingerprint density at radius 3 is 2.64 bits per heavy atom. The molecule has 0 saturated heterocycles. The van der Waals surface area contributed by atoms with Crippen LogP contribution in [0.4, 0.5) is 0 Å². The summed E-state index contributed by atoms with van der Waals surface area (Å²) in [6.07, 6.45) is 5.73. The third-order valence-corrected chi connectivity index (χ3v) is 3.47. The number of carbonyl (C=O) groups excluding carboxylic acids is 2. The number of carbonyl (C=O) groups is 2. The molecule has 0 aliphatic heterocycles. The molecule has 1 aromatic carbocycles. The molecule has 0 aliphatic carbocycles. The van der Waals surface area contributed by atoms with Gasteiger partial charge < -0.3 is 15.6 Å². The first-order valence-electron chi connectivity index (χ1n) is 7.15. The maximum Gasteiger partial charge on any atom is 0.239 e. The summed E-state index contributed by atoms with van der Waals surface area (Å²) in [5.74, 6) is -1.04. The van der Waals surface area contributed by atoms with Gasteiger partial charge in [-0.3, -0.25) is 9.59 Å². The van der Waals surface area contributed by atoms with Gasteiger partial charge in [-0.2, -0.15) is 0 Å². The average Bonchev–Trinajstić information content (AvgIpc) is 3.00. The molecular weight excluding hydrogens is 280 g/mol.